The van der Waals surface area contributed by atoms with Gasteiger partial charge in [-0.2, -0.15) is 0 Å². The van der Waals surface area contributed by atoms with E-state index in [1.807, 2.05) is 32.9 Å². The highest BCUT2D eigenvalue weighted by Crippen LogP contribution is 2.58. The van der Waals surface area contributed by atoms with Gasteiger partial charge in [0.1, 0.15) is 12.0 Å². The molecule has 26 heavy (non-hydrogen) atoms. The summed E-state index contributed by atoms with van der Waals surface area (Å²) in [5.41, 5.74) is 2.97. The minimum absolute atomic E-state index is 0.281. The molecule has 0 bridgehead atoms. The van der Waals surface area contributed by atoms with Gasteiger partial charge in [-0.1, -0.05) is 59.3 Å². The van der Waals surface area contributed by atoms with Gasteiger partial charge < -0.3 is 9.90 Å². The van der Waals surface area contributed by atoms with Crippen LogP contribution in [0.15, 0.2) is 24.3 Å². The molecule has 1 aromatic carbocycles. The molecule has 2 heteroatoms. The summed E-state index contributed by atoms with van der Waals surface area (Å²) in [5, 5.41) is 9.72. The molecule has 0 heterocycles. The third kappa shape index (κ3) is 3.75. The molecule has 2 nitrogen and oxygen atoms in total. The Hall–Kier alpha value is -1.57. The van der Waals surface area contributed by atoms with Crippen molar-refractivity contribution in [1.29, 1.82) is 0 Å². The van der Waals surface area contributed by atoms with E-state index in [4.69, 9.17) is 0 Å². The van der Waals surface area contributed by atoms with Crippen LogP contribution >= 0.6 is 0 Å². The van der Waals surface area contributed by atoms with Crippen LogP contribution in [0.25, 0.3) is 6.08 Å². The Kier molecular flexibility index (Phi) is 7.08. The first-order valence-corrected chi connectivity index (χ1v) is 10.5. The summed E-state index contributed by atoms with van der Waals surface area (Å²) < 4.78 is 0. The largest absolute Gasteiger partial charge is 0.508 e. The van der Waals surface area contributed by atoms with Crippen LogP contribution < -0.4 is 0 Å². The van der Waals surface area contributed by atoms with Crippen molar-refractivity contribution in [3.8, 4) is 5.75 Å². The molecule has 144 valence electrons. The maximum absolute atomic E-state index is 9.72. The van der Waals surface area contributed by atoms with Crippen molar-refractivity contribution in [3.05, 3.63) is 35.4 Å². The van der Waals surface area contributed by atoms with E-state index in [2.05, 4.69) is 32.1 Å². The number of benzene rings is 1. The van der Waals surface area contributed by atoms with Crippen LogP contribution in [0.4, 0.5) is 0 Å². The summed E-state index contributed by atoms with van der Waals surface area (Å²) >= 11 is 0. The van der Waals surface area contributed by atoms with Crippen molar-refractivity contribution >= 4 is 12.4 Å². The lowest BCUT2D eigenvalue weighted by Gasteiger charge is -2.50. The predicted molar refractivity (Wildman–Crippen MR) is 110 cm³/mol. The molecule has 0 spiro atoms. The predicted octanol–water partition coefficient (Wildman–Crippen LogP) is 6.37. The molecule has 0 aliphatic heterocycles. The third-order valence-electron chi connectivity index (χ3n) is 6.73. The van der Waals surface area contributed by atoms with E-state index >= 15 is 0 Å². The number of phenols is 1. The van der Waals surface area contributed by atoms with E-state index in [1.54, 1.807) is 0 Å². The van der Waals surface area contributed by atoms with Gasteiger partial charge in [-0.25, -0.2) is 0 Å². The van der Waals surface area contributed by atoms with Crippen LogP contribution in [-0.2, 0) is 10.2 Å². The van der Waals surface area contributed by atoms with Crippen molar-refractivity contribution in [2.24, 2.45) is 23.7 Å². The lowest BCUT2D eigenvalue weighted by atomic mass is 9.54. The number of rotatable bonds is 1. The van der Waals surface area contributed by atoms with Gasteiger partial charge >= 0.3 is 0 Å². The molecule has 3 aliphatic rings. The molecule has 4 rings (SSSR count). The van der Waals surface area contributed by atoms with Crippen molar-refractivity contribution < 1.29 is 9.90 Å². The van der Waals surface area contributed by atoms with Gasteiger partial charge in [-0.15, -0.1) is 0 Å². The average molecular weight is 357 g/mol. The lowest BCUT2D eigenvalue weighted by molar-refractivity contribution is -0.107. The number of phenolic OH excluding ortho intramolecular Hbond substituents is 1. The Labute approximate surface area is 159 Å². The summed E-state index contributed by atoms with van der Waals surface area (Å²) in [6.07, 6.45) is 11.7. The minimum atomic E-state index is 0.281. The Morgan fingerprint density at radius 1 is 1.19 bits per heavy atom. The van der Waals surface area contributed by atoms with Crippen LogP contribution in [0.2, 0.25) is 0 Å². The molecule has 3 unspecified atom stereocenters. The summed E-state index contributed by atoms with van der Waals surface area (Å²) in [7, 11) is 0. The number of carbonyl (C=O) groups excluding carboxylic acids is 1. The maximum Gasteiger partial charge on any atom is 0.119 e. The Morgan fingerprint density at radius 3 is 2.54 bits per heavy atom. The number of carbonyl (C=O) groups is 1. The molecule has 1 N–H and O–H groups in total. The van der Waals surface area contributed by atoms with Gasteiger partial charge in [-0.3, -0.25) is 0 Å². The normalized spacial score (nSPS) is 33.4. The fraction of sp³-hybridized carbons (Fsp3) is 0.625. The van der Waals surface area contributed by atoms with Gasteiger partial charge in [0.25, 0.3) is 0 Å². The molecule has 0 amide bonds. The van der Waals surface area contributed by atoms with Crippen molar-refractivity contribution in [2.75, 3.05) is 0 Å². The Morgan fingerprint density at radius 2 is 1.88 bits per heavy atom. The van der Waals surface area contributed by atoms with Gasteiger partial charge in [0.05, 0.1) is 0 Å². The van der Waals surface area contributed by atoms with Crippen molar-refractivity contribution in [3.63, 3.8) is 0 Å². The molecule has 5 atom stereocenters. The first kappa shape index (κ1) is 20.7. The second-order valence-electron chi connectivity index (χ2n) is 8.07. The zero-order chi connectivity index (χ0) is 19.3. The van der Waals surface area contributed by atoms with E-state index in [0.717, 1.165) is 24.0 Å². The van der Waals surface area contributed by atoms with E-state index < -0.39 is 0 Å². The molecule has 3 aliphatic carbocycles. The van der Waals surface area contributed by atoms with Crippen LogP contribution in [0, 0.1) is 23.7 Å². The highest BCUT2D eigenvalue weighted by atomic mass is 16.3. The monoisotopic (exact) mass is 356 g/mol. The number of allylic oxidation sites excluding steroid dienone is 1. The van der Waals surface area contributed by atoms with Crippen molar-refractivity contribution in [1.82, 2.24) is 0 Å². The second kappa shape index (κ2) is 8.88. The van der Waals surface area contributed by atoms with Gasteiger partial charge in [0, 0.05) is 6.42 Å². The van der Waals surface area contributed by atoms with Gasteiger partial charge in [0.15, 0.2) is 0 Å². The number of fused-ring (bicyclic) bond motifs is 5. The molecular formula is C24H36O2. The summed E-state index contributed by atoms with van der Waals surface area (Å²) in [6.45, 7) is 10.7. The number of aldehydes is 1. The quantitative estimate of drug-likeness (QED) is 0.594. The van der Waals surface area contributed by atoms with Crippen LogP contribution in [0.1, 0.15) is 77.8 Å². The maximum atomic E-state index is 9.72. The Bertz CT molecular complexity index is 633. The van der Waals surface area contributed by atoms with Crippen LogP contribution in [0.3, 0.4) is 0 Å². The lowest BCUT2D eigenvalue weighted by Crippen LogP contribution is -2.44. The zero-order valence-corrected chi connectivity index (χ0v) is 17.2. The number of aromatic hydroxyl groups is 1. The van der Waals surface area contributed by atoms with Gasteiger partial charge in [0.2, 0.25) is 0 Å². The smallest absolute Gasteiger partial charge is 0.119 e. The minimum Gasteiger partial charge on any atom is -0.508 e. The first-order chi connectivity index (χ1) is 12.5. The SMILES string of the molecule is CC.CCC=O.C[C@H]1CCC2C1CC[C@]1(C)c3ccc(O)cc3C=CC21. The van der Waals surface area contributed by atoms with Crippen molar-refractivity contribution in [2.45, 2.75) is 72.1 Å². The topological polar surface area (TPSA) is 37.3 Å². The summed E-state index contributed by atoms with van der Waals surface area (Å²) in [4.78, 5) is 9.17. The average Bonchev–Trinajstić information content (AvgIpc) is 3.04. The molecule has 1 aromatic rings. The third-order valence-corrected chi connectivity index (χ3v) is 6.73. The van der Waals surface area contributed by atoms with E-state index in [-0.39, 0.29) is 5.41 Å². The highest BCUT2D eigenvalue weighted by Gasteiger charge is 2.51. The molecule has 0 saturated heterocycles. The molecule has 2 saturated carbocycles. The Balaban J connectivity index is 0.000000361. The van der Waals surface area contributed by atoms with Crippen LogP contribution in [-0.4, -0.2) is 11.4 Å². The molecular weight excluding hydrogens is 320 g/mol. The highest BCUT2D eigenvalue weighted by molar-refractivity contribution is 5.62. The second-order valence-corrected chi connectivity index (χ2v) is 8.07. The summed E-state index contributed by atoms with van der Waals surface area (Å²) in [6, 6.07) is 5.96. The van der Waals surface area contributed by atoms with Crippen LogP contribution in [0.5, 0.6) is 5.75 Å². The fourth-order valence-corrected chi connectivity index (χ4v) is 5.44. The fourth-order valence-electron chi connectivity index (χ4n) is 5.44. The number of hydrogen-bond donors (Lipinski definition) is 1. The molecule has 0 radical (unpaired) electrons. The summed E-state index contributed by atoms with van der Waals surface area (Å²) in [5.74, 6) is 3.82. The van der Waals surface area contributed by atoms with E-state index in [1.165, 1.54) is 36.8 Å². The zero-order valence-electron chi connectivity index (χ0n) is 17.2. The standard InChI is InChI=1S/C19H24O.C3H6O.C2H6/c1-12-3-6-16-15(12)9-10-19(2)17-8-5-14(20)11-13(17)4-7-18(16)19;1-2-3-4;1-2/h4-5,7-8,11-12,15-16,18,20H,3,6,9-10H2,1-2H3;3H,2H2,1H3;1-2H3/t12-,15?,16?,18?,19+;;/m0../s1. The molecule has 2 fully saturated rings. The van der Waals surface area contributed by atoms with Gasteiger partial charge in [-0.05, 0) is 71.6 Å². The molecule has 0 aromatic heterocycles. The van der Waals surface area contributed by atoms with E-state index in [9.17, 15) is 9.90 Å². The first-order valence-electron chi connectivity index (χ1n) is 10.5. The number of hydrogen-bond acceptors (Lipinski definition) is 2. The van der Waals surface area contributed by atoms with E-state index in [0.29, 0.717) is 18.1 Å².